The van der Waals surface area contributed by atoms with Crippen molar-refractivity contribution in [1.29, 1.82) is 0 Å². The Hall–Kier alpha value is -3.35. The van der Waals surface area contributed by atoms with Crippen molar-refractivity contribution in [2.45, 2.75) is 19.9 Å². The molecule has 1 amide bonds. The van der Waals surface area contributed by atoms with Gasteiger partial charge in [0.15, 0.2) is 11.5 Å². The summed E-state index contributed by atoms with van der Waals surface area (Å²) in [7, 11) is 0. The molecule has 1 N–H and O–H groups in total. The lowest BCUT2D eigenvalue weighted by Gasteiger charge is -2.14. The minimum Gasteiger partial charge on any atom is -0.342 e. The van der Waals surface area contributed by atoms with E-state index in [-0.39, 0.29) is 17.8 Å². The molecule has 130 valence electrons. The van der Waals surface area contributed by atoms with E-state index in [1.807, 2.05) is 35.7 Å². The quantitative estimate of drug-likeness (QED) is 0.616. The maximum Gasteiger partial charge on any atom is 0.253 e. The van der Waals surface area contributed by atoms with Gasteiger partial charge in [0.05, 0.1) is 22.8 Å². The van der Waals surface area contributed by atoms with Gasteiger partial charge in [-0.1, -0.05) is 6.07 Å². The van der Waals surface area contributed by atoms with Crippen LogP contribution in [0, 0.1) is 12.7 Å². The molecule has 0 saturated heterocycles. The van der Waals surface area contributed by atoms with Crippen LogP contribution in [0.2, 0.25) is 0 Å². The molecule has 1 aromatic carbocycles. The minimum atomic E-state index is -0.353. The predicted octanol–water partition coefficient (Wildman–Crippen LogP) is 3.22. The van der Waals surface area contributed by atoms with Gasteiger partial charge in [-0.05, 0) is 44.2 Å². The molecule has 7 heteroatoms. The van der Waals surface area contributed by atoms with E-state index in [0.717, 1.165) is 0 Å². The van der Waals surface area contributed by atoms with Crippen LogP contribution in [0.25, 0.3) is 16.6 Å². The van der Waals surface area contributed by atoms with Gasteiger partial charge >= 0.3 is 0 Å². The fraction of sp³-hybridized carbons (Fsp3) is 0.158. The molecule has 0 unspecified atom stereocenters. The zero-order chi connectivity index (χ0) is 18.3. The molecule has 0 aliphatic carbocycles. The Morgan fingerprint density at radius 2 is 2.04 bits per heavy atom. The average molecular weight is 349 g/mol. The largest absolute Gasteiger partial charge is 0.342 e. The molecule has 6 nitrogen and oxygen atoms in total. The van der Waals surface area contributed by atoms with Crippen LogP contribution in [-0.4, -0.2) is 25.5 Å². The summed E-state index contributed by atoms with van der Waals surface area (Å²) in [4.78, 5) is 17.1. The number of nitrogens with zero attached hydrogens (tertiary/aromatic N) is 4. The van der Waals surface area contributed by atoms with Crippen LogP contribution in [0.3, 0.4) is 0 Å². The molecule has 0 fully saturated rings. The maximum absolute atomic E-state index is 13.3. The molecule has 0 spiro atoms. The van der Waals surface area contributed by atoms with Gasteiger partial charge in [0, 0.05) is 17.6 Å². The summed E-state index contributed by atoms with van der Waals surface area (Å²) in [6.45, 7) is 3.58. The van der Waals surface area contributed by atoms with Gasteiger partial charge in [0.25, 0.3) is 5.91 Å². The molecule has 0 bridgehead atoms. The van der Waals surface area contributed by atoms with Crippen LogP contribution in [0.4, 0.5) is 4.39 Å². The third-order valence-corrected chi connectivity index (χ3v) is 4.29. The molecule has 0 saturated carbocycles. The number of nitrogens with one attached hydrogen (secondary N) is 1. The summed E-state index contributed by atoms with van der Waals surface area (Å²) < 4.78 is 15.2. The first kappa shape index (κ1) is 16.1. The summed E-state index contributed by atoms with van der Waals surface area (Å²) >= 11 is 0. The van der Waals surface area contributed by atoms with E-state index in [4.69, 9.17) is 0 Å². The fourth-order valence-electron chi connectivity index (χ4n) is 2.96. The van der Waals surface area contributed by atoms with Crippen molar-refractivity contribution in [3.05, 3.63) is 71.6 Å². The lowest BCUT2D eigenvalue weighted by molar-refractivity contribution is 0.0937. The number of hydrogen-bond acceptors (Lipinski definition) is 4. The first-order valence-corrected chi connectivity index (χ1v) is 8.20. The molecule has 4 aromatic rings. The Bertz CT molecular complexity index is 1140. The number of amides is 1. The average Bonchev–Trinajstić information content (AvgIpc) is 3.05. The minimum absolute atomic E-state index is 0.263. The third-order valence-electron chi connectivity index (χ3n) is 4.29. The number of fused-ring (bicyclic) bond motifs is 2. The van der Waals surface area contributed by atoms with Gasteiger partial charge in [-0.15, -0.1) is 10.2 Å². The SMILES string of the molecule is Cc1nc2cc(F)ccc2cc1C(=O)N[C@H](C)c1nnc2ccccn12. The van der Waals surface area contributed by atoms with E-state index in [0.29, 0.717) is 33.6 Å². The Labute approximate surface area is 148 Å². The molecule has 0 aliphatic heterocycles. The number of hydrogen-bond donors (Lipinski definition) is 1. The molecule has 3 aromatic heterocycles. The van der Waals surface area contributed by atoms with E-state index >= 15 is 0 Å². The number of aromatic nitrogens is 4. The van der Waals surface area contributed by atoms with Crippen LogP contribution in [0.15, 0.2) is 48.7 Å². The second kappa shape index (κ2) is 6.18. The van der Waals surface area contributed by atoms with Crippen LogP contribution < -0.4 is 5.32 Å². The monoisotopic (exact) mass is 349 g/mol. The van der Waals surface area contributed by atoms with Crippen LogP contribution >= 0.6 is 0 Å². The summed E-state index contributed by atoms with van der Waals surface area (Å²) in [5, 5.41) is 11.9. The first-order chi connectivity index (χ1) is 12.5. The second-order valence-corrected chi connectivity index (χ2v) is 6.14. The molecular weight excluding hydrogens is 333 g/mol. The highest BCUT2D eigenvalue weighted by atomic mass is 19.1. The van der Waals surface area contributed by atoms with Crippen molar-refractivity contribution in [3.8, 4) is 0 Å². The number of carbonyl (C=O) groups excluding carboxylic acids is 1. The van der Waals surface area contributed by atoms with E-state index in [1.165, 1.54) is 12.1 Å². The number of pyridine rings is 2. The predicted molar refractivity (Wildman–Crippen MR) is 95.3 cm³/mol. The molecule has 3 heterocycles. The molecule has 4 rings (SSSR count). The topological polar surface area (TPSA) is 72.2 Å². The Morgan fingerprint density at radius 1 is 1.19 bits per heavy atom. The number of carbonyl (C=O) groups is 1. The Balaban J connectivity index is 1.64. The highest BCUT2D eigenvalue weighted by molar-refractivity contribution is 5.98. The summed E-state index contributed by atoms with van der Waals surface area (Å²) in [6.07, 6.45) is 1.85. The second-order valence-electron chi connectivity index (χ2n) is 6.14. The summed E-state index contributed by atoms with van der Waals surface area (Å²) in [6, 6.07) is 11.3. The molecule has 0 aliphatic rings. The van der Waals surface area contributed by atoms with Gasteiger partial charge in [-0.25, -0.2) is 4.39 Å². The maximum atomic E-state index is 13.3. The van der Waals surface area contributed by atoms with Gasteiger partial charge in [-0.3, -0.25) is 14.2 Å². The zero-order valence-corrected chi connectivity index (χ0v) is 14.3. The number of aryl methyl sites for hydroxylation is 1. The van der Waals surface area contributed by atoms with Crippen molar-refractivity contribution in [3.63, 3.8) is 0 Å². The third kappa shape index (κ3) is 2.77. The smallest absolute Gasteiger partial charge is 0.253 e. The standard InChI is InChI=1S/C19H16FN5O/c1-11-15(9-13-6-7-14(20)10-16(13)21-11)19(26)22-12(2)18-24-23-17-5-3-4-8-25(17)18/h3-10,12H,1-2H3,(H,22,26)/t12-/m1/s1. The molecule has 1 atom stereocenters. The van der Waals surface area contributed by atoms with Crippen LogP contribution in [-0.2, 0) is 0 Å². The Morgan fingerprint density at radius 3 is 2.88 bits per heavy atom. The van der Waals surface area contributed by atoms with Crippen LogP contribution in [0.1, 0.15) is 34.8 Å². The van der Waals surface area contributed by atoms with Crippen molar-refractivity contribution in [2.75, 3.05) is 0 Å². The van der Waals surface area contributed by atoms with E-state index < -0.39 is 0 Å². The highest BCUT2D eigenvalue weighted by Gasteiger charge is 2.18. The van der Waals surface area contributed by atoms with Crippen molar-refractivity contribution < 1.29 is 9.18 Å². The first-order valence-electron chi connectivity index (χ1n) is 8.20. The number of halogens is 1. The fourth-order valence-corrected chi connectivity index (χ4v) is 2.96. The van der Waals surface area contributed by atoms with Crippen molar-refractivity contribution >= 4 is 22.5 Å². The van der Waals surface area contributed by atoms with Gasteiger partial charge in [0.1, 0.15) is 5.82 Å². The summed E-state index contributed by atoms with van der Waals surface area (Å²) in [5.74, 6) is 0.0257. The lowest BCUT2D eigenvalue weighted by Crippen LogP contribution is -2.28. The van der Waals surface area contributed by atoms with Gasteiger partial charge in [0.2, 0.25) is 0 Å². The molecule has 0 radical (unpaired) electrons. The molecular formula is C19H16FN5O. The van der Waals surface area contributed by atoms with Gasteiger partial charge in [-0.2, -0.15) is 0 Å². The summed E-state index contributed by atoms with van der Waals surface area (Å²) in [5.41, 5.74) is 2.23. The van der Waals surface area contributed by atoms with Gasteiger partial charge < -0.3 is 5.32 Å². The number of rotatable bonds is 3. The van der Waals surface area contributed by atoms with Crippen molar-refractivity contribution in [2.24, 2.45) is 0 Å². The van der Waals surface area contributed by atoms with E-state index in [2.05, 4.69) is 20.5 Å². The highest BCUT2D eigenvalue weighted by Crippen LogP contribution is 2.19. The molecule has 26 heavy (non-hydrogen) atoms. The van der Waals surface area contributed by atoms with E-state index in [1.54, 1.807) is 19.1 Å². The zero-order valence-electron chi connectivity index (χ0n) is 14.3. The van der Waals surface area contributed by atoms with E-state index in [9.17, 15) is 9.18 Å². The van der Waals surface area contributed by atoms with Crippen molar-refractivity contribution in [1.82, 2.24) is 24.9 Å². The van der Waals surface area contributed by atoms with Crippen LogP contribution in [0.5, 0.6) is 0 Å². The number of benzene rings is 1. The lowest BCUT2D eigenvalue weighted by atomic mass is 10.1. The Kier molecular flexibility index (Phi) is 3.84. The normalized spacial score (nSPS) is 12.4.